The molecule has 0 spiro atoms. The van der Waals surface area contributed by atoms with Crippen LogP contribution in [0.3, 0.4) is 0 Å². The third-order valence-corrected chi connectivity index (χ3v) is 5.41. The third kappa shape index (κ3) is 5.05. The van der Waals surface area contributed by atoms with Gasteiger partial charge in [-0.05, 0) is 56.2 Å². The average Bonchev–Trinajstić information content (AvgIpc) is 2.66. The summed E-state index contributed by atoms with van der Waals surface area (Å²) in [5, 5.41) is 12.0. The van der Waals surface area contributed by atoms with Gasteiger partial charge < -0.3 is 15.3 Å². The van der Waals surface area contributed by atoms with Gasteiger partial charge in [-0.2, -0.15) is 0 Å². The number of carboxylic acids is 1. The first-order valence-electron chi connectivity index (χ1n) is 9.35. The molecule has 0 atom stereocenters. The number of halogens is 2. The Morgan fingerprint density at radius 3 is 2.33 bits per heavy atom. The van der Waals surface area contributed by atoms with Crippen LogP contribution in [-0.4, -0.2) is 41.1 Å². The molecule has 1 aromatic carbocycles. The first-order valence-corrected chi connectivity index (χ1v) is 9.35. The number of hydrogen-bond donors (Lipinski definition) is 2. The normalized spacial score (nSPS) is 23.0. The van der Waals surface area contributed by atoms with E-state index in [1.807, 2.05) is 6.08 Å². The van der Waals surface area contributed by atoms with Crippen LogP contribution in [0.2, 0.25) is 0 Å². The Kier molecular flexibility index (Phi) is 6.08. The highest BCUT2D eigenvalue weighted by Gasteiger charge is 2.28. The smallest absolute Gasteiger partial charge is 0.317 e. The Labute approximate surface area is 157 Å². The largest absolute Gasteiger partial charge is 0.481 e. The summed E-state index contributed by atoms with van der Waals surface area (Å²) in [5.74, 6) is -2.77. The van der Waals surface area contributed by atoms with Crippen molar-refractivity contribution in [3.8, 4) is 0 Å². The number of carboxylic acid groups (broad SMARTS) is 1. The second-order valence-corrected chi connectivity index (χ2v) is 7.30. The molecule has 0 unspecified atom stereocenters. The van der Waals surface area contributed by atoms with E-state index in [4.69, 9.17) is 5.11 Å². The molecule has 2 fully saturated rings. The topological polar surface area (TPSA) is 69.6 Å². The van der Waals surface area contributed by atoms with Gasteiger partial charge in [0.1, 0.15) is 0 Å². The summed E-state index contributed by atoms with van der Waals surface area (Å²) in [7, 11) is 0. The van der Waals surface area contributed by atoms with Crippen molar-refractivity contribution in [1.82, 2.24) is 10.2 Å². The minimum absolute atomic E-state index is 0.0345. The van der Waals surface area contributed by atoms with Gasteiger partial charge >= 0.3 is 12.0 Å². The van der Waals surface area contributed by atoms with Gasteiger partial charge in [0.15, 0.2) is 11.6 Å². The fourth-order valence-corrected chi connectivity index (χ4v) is 3.73. The monoisotopic (exact) mass is 378 g/mol. The van der Waals surface area contributed by atoms with Crippen molar-refractivity contribution in [3.05, 3.63) is 41.0 Å². The number of amides is 2. The lowest BCUT2D eigenvalue weighted by Crippen LogP contribution is -2.48. The molecule has 1 aliphatic carbocycles. The third-order valence-electron chi connectivity index (χ3n) is 5.41. The molecule has 5 nitrogen and oxygen atoms in total. The molecule has 0 aromatic heterocycles. The van der Waals surface area contributed by atoms with Crippen molar-refractivity contribution < 1.29 is 23.5 Å². The molecule has 0 radical (unpaired) electrons. The molecule has 1 aromatic rings. The summed E-state index contributed by atoms with van der Waals surface area (Å²) in [5.41, 5.74) is 1.73. The lowest BCUT2D eigenvalue weighted by Gasteiger charge is -2.32. The number of hydrogen-bond acceptors (Lipinski definition) is 2. The Hall–Kier alpha value is -2.44. The summed E-state index contributed by atoms with van der Waals surface area (Å²) in [6, 6.07) is 3.75. The number of nitrogens with zero attached hydrogens (tertiary/aromatic N) is 1. The van der Waals surface area contributed by atoms with Crippen LogP contribution in [0.1, 0.15) is 44.1 Å². The molecule has 3 rings (SSSR count). The van der Waals surface area contributed by atoms with E-state index >= 15 is 0 Å². The Bertz CT molecular complexity index is 733. The molecular formula is C20H24F2N2O3. The summed E-state index contributed by atoms with van der Waals surface area (Å²) in [6.07, 6.45) is 5.82. The van der Waals surface area contributed by atoms with Crippen molar-refractivity contribution in [1.29, 1.82) is 0 Å². The summed E-state index contributed by atoms with van der Waals surface area (Å²) < 4.78 is 26.3. The van der Waals surface area contributed by atoms with Gasteiger partial charge in [-0.25, -0.2) is 13.6 Å². The maximum Gasteiger partial charge on any atom is 0.317 e. The average molecular weight is 378 g/mol. The number of carbonyl (C=O) groups excluding carboxylic acids is 1. The molecule has 2 aliphatic rings. The number of benzene rings is 1. The molecule has 27 heavy (non-hydrogen) atoms. The van der Waals surface area contributed by atoms with E-state index in [1.165, 1.54) is 12.1 Å². The number of likely N-dealkylation sites (tertiary alicyclic amines) is 1. The molecule has 7 heteroatoms. The fourth-order valence-electron chi connectivity index (χ4n) is 3.73. The van der Waals surface area contributed by atoms with Gasteiger partial charge in [0.05, 0.1) is 5.92 Å². The van der Waals surface area contributed by atoms with E-state index in [0.717, 1.165) is 11.6 Å². The number of piperidine rings is 1. The van der Waals surface area contributed by atoms with Crippen molar-refractivity contribution in [2.75, 3.05) is 13.1 Å². The highest BCUT2D eigenvalue weighted by Crippen LogP contribution is 2.25. The summed E-state index contributed by atoms with van der Waals surface area (Å²) in [6.45, 7) is 1.15. The van der Waals surface area contributed by atoms with Crippen LogP contribution in [0.15, 0.2) is 23.8 Å². The van der Waals surface area contributed by atoms with E-state index in [0.29, 0.717) is 57.2 Å². The van der Waals surface area contributed by atoms with Crippen LogP contribution in [0.5, 0.6) is 0 Å². The highest BCUT2D eigenvalue weighted by molar-refractivity contribution is 5.75. The van der Waals surface area contributed by atoms with E-state index in [9.17, 15) is 18.4 Å². The molecule has 2 N–H and O–H groups in total. The van der Waals surface area contributed by atoms with Gasteiger partial charge in [-0.1, -0.05) is 17.7 Å². The van der Waals surface area contributed by atoms with Crippen molar-refractivity contribution in [2.45, 2.75) is 44.6 Å². The molecule has 1 heterocycles. The predicted molar refractivity (Wildman–Crippen MR) is 97.1 cm³/mol. The second-order valence-electron chi connectivity index (χ2n) is 7.30. The molecule has 2 amide bonds. The molecule has 1 saturated heterocycles. The Morgan fingerprint density at radius 2 is 1.74 bits per heavy atom. The molecular weight excluding hydrogens is 354 g/mol. The van der Waals surface area contributed by atoms with Crippen LogP contribution in [-0.2, 0) is 4.79 Å². The molecule has 146 valence electrons. The summed E-state index contributed by atoms with van der Waals surface area (Å²) in [4.78, 5) is 25.2. The van der Waals surface area contributed by atoms with Gasteiger partial charge in [-0.15, -0.1) is 0 Å². The minimum atomic E-state index is -0.862. The minimum Gasteiger partial charge on any atom is -0.481 e. The zero-order valence-electron chi connectivity index (χ0n) is 15.1. The molecule has 1 saturated carbocycles. The standard InChI is InChI=1S/C20H24F2N2O3/c21-17-6-1-14(12-18(17)22)11-13-7-9-24(10-8-13)20(27)23-16-4-2-15(3-5-16)19(25)26/h1,6,11-12,15-16H,2-5,7-10H2,(H,23,27)(H,25,26). The van der Waals surface area contributed by atoms with E-state index in [-0.39, 0.29) is 18.0 Å². The van der Waals surface area contributed by atoms with Gasteiger partial charge in [0, 0.05) is 19.1 Å². The quantitative estimate of drug-likeness (QED) is 0.841. The Balaban J connectivity index is 1.47. The lowest BCUT2D eigenvalue weighted by molar-refractivity contribution is -0.142. The number of nitrogens with one attached hydrogen (secondary N) is 1. The van der Waals surface area contributed by atoms with Crippen LogP contribution in [0.4, 0.5) is 13.6 Å². The second kappa shape index (κ2) is 8.50. The number of rotatable bonds is 3. The number of aliphatic carboxylic acids is 1. The van der Waals surface area contributed by atoms with Crippen LogP contribution < -0.4 is 5.32 Å². The fraction of sp³-hybridized carbons (Fsp3) is 0.500. The van der Waals surface area contributed by atoms with E-state index in [1.54, 1.807) is 4.90 Å². The summed E-state index contributed by atoms with van der Waals surface area (Å²) >= 11 is 0. The SMILES string of the molecule is O=C(O)C1CCC(NC(=O)N2CCC(=Cc3ccc(F)c(F)c3)CC2)CC1. The lowest BCUT2D eigenvalue weighted by atomic mass is 9.86. The van der Waals surface area contributed by atoms with Gasteiger partial charge in [-0.3, -0.25) is 4.79 Å². The highest BCUT2D eigenvalue weighted by atomic mass is 19.2. The Morgan fingerprint density at radius 1 is 1.07 bits per heavy atom. The van der Waals surface area contributed by atoms with Crippen molar-refractivity contribution >= 4 is 18.1 Å². The first kappa shape index (κ1) is 19.3. The molecule has 1 aliphatic heterocycles. The van der Waals surface area contributed by atoms with E-state index in [2.05, 4.69) is 5.32 Å². The van der Waals surface area contributed by atoms with Crippen molar-refractivity contribution in [3.63, 3.8) is 0 Å². The zero-order valence-corrected chi connectivity index (χ0v) is 15.1. The van der Waals surface area contributed by atoms with Gasteiger partial charge in [0.25, 0.3) is 0 Å². The maximum atomic E-state index is 13.3. The first-order chi connectivity index (χ1) is 12.9. The van der Waals surface area contributed by atoms with Crippen LogP contribution >= 0.6 is 0 Å². The number of urea groups is 1. The van der Waals surface area contributed by atoms with Crippen molar-refractivity contribution in [2.24, 2.45) is 5.92 Å². The van der Waals surface area contributed by atoms with Crippen LogP contribution in [0, 0.1) is 17.6 Å². The maximum absolute atomic E-state index is 13.3. The number of carbonyl (C=O) groups is 2. The molecule has 0 bridgehead atoms. The van der Waals surface area contributed by atoms with E-state index < -0.39 is 17.6 Å². The predicted octanol–water partition coefficient (Wildman–Crippen LogP) is 3.80. The van der Waals surface area contributed by atoms with Gasteiger partial charge in [0.2, 0.25) is 0 Å². The zero-order chi connectivity index (χ0) is 19.4. The van der Waals surface area contributed by atoms with Crippen LogP contribution in [0.25, 0.3) is 6.08 Å².